The number of aromatic nitrogens is 2. The fourth-order valence-corrected chi connectivity index (χ4v) is 1.62. The third-order valence-corrected chi connectivity index (χ3v) is 2.74. The Labute approximate surface area is 101 Å². The van der Waals surface area contributed by atoms with Crippen molar-refractivity contribution in [3.05, 3.63) is 11.7 Å². The molecule has 0 aromatic carbocycles. The summed E-state index contributed by atoms with van der Waals surface area (Å²) in [5, 5.41) is 7.15. The number of ether oxygens (including phenoxy) is 2. The molecule has 0 bridgehead atoms. The zero-order valence-corrected chi connectivity index (χ0v) is 10.1. The minimum absolute atomic E-state index is 0.604. The molecule has 0 saturated carbocycles. The summed E-state index contributed by atoms with van der Waals surface area (Å²) in [4.78, 5) is 4.33. The fraction of sp³-hybridized carbons (Fsp3) is 0.818. The maximum atomic E-state index is 5.34. The Morgan fingerprint density at radius 1 is 1.35 bits per heavy atom. The van der Waals surface area contributed by atoms with Gasteiger partial charge in [-0.1, -0.05) is 5.16 Å². The maximum absolute atomic E-state index is 5.34. The average molecular weight is 241 g/mol. The van der Waals surface area contributed by atoms with Crippen molar-refractivity contribution in [2.75, 3.05) is 40.0 Å². The fourth-order valence-electron chi connectivity index (χ4n) is 1.62. The lowest BCUT2D eigenvalue weighted by molar-refractivity contribution is 0.0714. The second-order valence-electron chi connectivity index (χ2n) is 4.19. The van der Waals surface area contributed by atoms with Crippen LogP contribution in [0.2, 0.25) is 0 Å². The number of methoxy groups -OCH3 is 1. The van der Waals surface area contributed by atoms with Crippen molar-refractivity contribution in [2.24, 2.45) is 5.92 Å². The first-order valence-corrected chi connectivity index (χ1v) is 5.97. The molecule has 17 heavy (non-hydrogen) atoms. The summed E-state index contributed by atoms with van der Waals surface area (Å²) in [6.07, 6.45) is 1.57. The number of hydrogen-bond acceptors (Lipinski definition) is 6. The third-order valence-electron chi connectivity index (χ3n) is 2.74. The SMILES string of the molecule is COCCOCCc1noc(CC2CNC2)n1. The maximum Gasteiger partial charge on any atom is 0.227 e. The highest BCUT2D eigenvalue weighted by Crippen LogP contribution is 2.10. The molecule has 1 saturated heterocycles. The van der Waals surface area contributed by atoms with Crippen LogP contribution in [0.3, 0.4) is 0 Å². The van der Waals surface area contributed by atoms with E-state index in [-0.39, 0.29) is 0 Å². The normalized spacial score (nSPS) is 16.1. The first-order chi connectivity index (χ1) is 8.38. The van der Waals surface area contributed by atoms with Gasteiger partial charge in [0, 0.05) is 20.0 Å². The summed E-state index contributed by atoms with van der Waals surface area (Å²) < 4.78 is 15.4. The first-order valence-electron chi connectivity index (χ1n) is 5.97. The molecule has 0 atom stereocenters. The van der Waals surface area contributed by atoms with E-state index in [2.05, 4.69) is 15.5 Å². The summed E-state index contributed by atoms with van der Waals surface area (Å²) in [6, 6.07) is 0. The van der Waals surface area contributed by atoms with Gasteiger partial charge in [0.1, 0.15) is 0 Å². The van der Waals surface area contributed by atoms with Gasteiger partial charge in [0.2, 0.25) is 5.89 Å². The van der Waals surface area contributed by atoms with Crippen molar-refractivity contribution in [2.45, 2.75) is 12.8 Å². The van der Waals surface area contributed by atoms with Crippen LogP contribution in [-0.4, -0.2) is 50.2 Å². The van der Waals surface area contributed by atoms with Crippen LogP contribution in [0.5, 0.6) is 0 Å². The second kappa shape index (κ2) is 6.68. The largest absolute Gasteiger partial charge is 0.382 e. The van der Waals surface area contributed by atoms with Gasteiger partial charge in [-0.3, -0.25) is 0 Å². The Hall–Kier alpha value is -0.980. The summed E-state index contributed by atoms with van der Waals surface area (Å²) in [7, 11) is 1.66. The molecule has 1 aromatic rings. The van der Waals surface area contributed by atoms with Crippen LogP contribution >= 0.6 is 0 Å². The van der Waals surface area contributed by atoms with Crippen molar-refractivity contribution in [1.29, 1.82) is 0 Å². The van der Waals surface area contributed by atoms with E-state index in [0.717, 1.165) is 31.2 Å². The highest BCUT2D eigenvalue weighted by atomic mass is 16.5. The molecule has 1 aliphatic rings. The third kappa shape index (κ3) is 4.07. The Morgan fingerprint density at radius 2 is 2.24 bits per heavy atom. The molecule has 1 fully saturated rings. The van der Waals surface area contributed by atoms with Crippen molar-refractivity contribution >= 4 is 0 Å². The number of hydrogen-bond donors (Lipinski definition) is 1. The minimum atomic E-state index is 0.604. The van der Waals surface area contributed by atoms with E-state index in [1.54, 1.807) is 7.11 Å². The van der Waals surface area contributed by atoms with Crippen LogP contribution in [0.15, 0.2) is 4.52 Å². The van der Waals surface area contributed by atoms with E-state index in [9.17, 15) is 0 Å². The topological polar surface area (TPSA) is 69.4 Å². The van der Waals surface area contributed by atoms with Gasteiger partial charge in [-0.2, -0.15) is 4.98 Å². The number of rotatable bonds is 8. The number of nitrogens with one attached hydrogen (secondary N) is 1. The molecular weight excluding hydrogens is 222 g/mol. The van der Waals surface area contributed by atoms with Crippen LogP contribution < -0.4 is 5.32 Å². The lowest BCUT2D eigenvalue weighted by Crippen LogP contribution is -2.43. The summed E-state index contributed by atoms with van der Waals surface area (Å²) >= 11 is 0. The van der Waals surface area contributed by atoms with E-state index < -0.39 is 0 Å². The molecular formula is C11H19N3O3. The molecule has 0 amide bonds. The monoisotopic (exact) mass is 241 g/mol. The molecule has 0 unspecified atom stereocenters. The molecule has 96 valence electrons. The highest BCUT2D eigenvalue weighted by Gasteiger charge is 2.20. The molecule has 6 heteroatoms. The van der Waals surface area contributed by atoms with Gasteiger partial charge in [0.25, 0.3) is 0 Å². The lowest BCUT2D eigenvalue weighted by Gasteiger charge is -2.25. The molecule has 1 aliphatic heterocycles. The van der Waals surface area contributed by atoms with E-state index >= 15 is 0 Å². The first kappa shape index (κ1) is 12.5. The lowest BCUT2D eigenvalue weighted by atomic mass is 10.00. The number of nitrogens with zero attached hydrogens (tertiary/aromatic N) is 2. The summed E-state index contributed by atoms with van der Waals surface area (Å²) in [5.74, 6) is 2.12. The van der Waals surface area contributed by atoms with Crippen LogP contribution in [0.4, 0.5) is 0 Å². The highest BCUT2D eigenvalue weighted by molar-refractivity contribution is 4.91. The van der Waals surface area contributed by atoms with Crippen LogP contribution in [0.25, 0.3) is 0 Å². The van der Waals surface area contributed by atoms with E-state index in [4.69, 9.17) is 14.0 Å². The summed E-state index contributed by atoms with van der Waals surface area (Å²) in [6.45, 7) is 3.93. The van der Waals surface area contributed by atoms with Crippen molar-refractivity contribution < 1.29 is 14.0 Å². The quantitative estimate of drug-likeness (QED) is 0.648. The zero-order chi connectivity index (χ0) is 11.9. The van der Waals surface area contributed by atoms with Crippen LogP contribution in [-0.2, 0) is 22.3 Å². The molecule has 6 nitrogen and oxygen atoms in total. The molecule has 2 heterocycles. The Balaban J connectivity index is 1.63. The van der Waals surface area contributed by atoms with Gasteiger partial charge in [-0.05, 0) is 19.0 Å². The Morgan fingerprint density at radius 3 is 2.94 bits per heavy atom. The van der Waals surface area contributed by atoms with Crippen LogP contribution in [0.1, 0.15) is 11.7 Å². The Kier molecular flexibility index (Phi) is 4.90. The van der Waals surface area contributed by atoms with E-state index in [1.165, 1.54) is 0 Å². The molecule has 0 spiro atoms. The van der Waals surface area contributed by atoms with Gasteiger partial charge in [-0.15, -0.1) is 0 Å². The molecule has 0 radical (unpaired) electrons. The molecule has 1 N–H and O–H groups in total. The van der Waals surface area contributed by atoms with E-state index in [0.29, 0.717) is 32.2 Å². The minimum Gasteiger partial charge on any atom is -0.382 e. The smallest absolute Gasteiger partial charge is 0.227 e. The van der Waals surface area contributed by atoms with Crippen LogP contribution in [0, 0.1) is 5.92 Å². The predicted octanol–water partition coefficient (Wildman–Crippen LogP) is 0.0370. The van der Waals surface area contributed by atoms with Crippen molar-refractivity contribution in [3.63, 3.8) is 0 Å². The predicted molar refractivity (Wildman–Crippen MR) is 60.8 cm³/mol. The van der Waals surface area contributed by atoms with Gasteiger partial charge >= 0.3 is 0 Å². The second-order valence-corrected chi connectivity index (χ2v) is 4.19. The molecule has 0 aliphatic carbocycles. The van der Waals surface area contributed by atoms with Crippen molar-refractivity contribution in [1.82, 2.24) is 15.5 Å². The molecule has 2 rings (SSSR count). The average Bonchev–Trinajstić information content (AvgIpc) is 2.71. The standard InChI is InChI=1S/C11H19N3O3/c1-15-4-5-16-3-2-10-13-11(17-14-10)6-9-7-12-8-9/h9,12H,2-8H2,1H3. The Bertz CT molecular complexity index is 326. The van der Waals surface area contributed by atoms with Gasteiger partial charge in [0.05, 0.1) is 19.8 Å². The molecule has 1 aromatic heterocycles. The van der Waals surface area contributed by atoms with Gasteiger partial charge < -0.3 is 19.3 Å². The van der Waals surface area contributed by atoms with Gasteiger partial charge in [-0.25, -0.2) is 0 Å². The van der Waals surface area contributed by atoms with Gasteiger partial charge in [0.15, 0.2) is 5.82 Å². The summed E-state index contributed by atoms with van der Waals surface area (Å²) in [5.41, 5.74) is 0. The zero-order valence-electron chi connectivity index (χ0n) is 10.1. The van der Waals surface area contributed by atoms with E-state index in [1.807, 2.05) is 0 Å². The van der Waals surface area contributed by atoms with Crippen molar-refractivity contribution in [3.8, 4) is 0 Å².